The first kappa shape index (κ1) is 15.8. The first-order valence-corrected chi connectivity index (χ1v) is 7.07. The number of urea groups is 1. The van der Waals surface area contributed by atoms with Crippen molar-refractivity contribution < 1.29 is 19.4 Å². The lowest BCUT2D eigenvalue weighted by Gasteiger charge is -2.17. The summed E-state index contributed by atoms with van der Waals surface area (Å²) in [6, 6.07) is 4.11. The first-order chi connectivity index (χ1) is 10.4. The molecule has 1 saturated heterocycles. The Morgan fingerprint density at radius 1 is 1.41 bits per heavy atom. The van der Waals surface area contributed by atoms with Gasteiger partial charge in [-0.25, -0.2) is 4.79 Å². The Morgan fingerprint density at radius 3 is 2.73 bits per heavy atom. The number of benzene rings is 1. The summed E-state index contributed by atoms with van der Waals surface area (Å²) >= 11 is 0. The van der Waals surface area contributed by atoms with Crippen molar-refractivity contribution in [1.82, 2.24) is 10.3 Å². The van der Waals surface area contributed by atoms with E-state index in [2.05, 4.69) is 10.4 Å². The zero-order valence-corrected chi connectivity index (χ0v) is 12.8. The zero-order chi connectivity index (χ0) is 16.3. The molecule has 1 aliphatic rings. The molecule has 1 aliphatic heterocycles. The number of ether oxygens (including phenoxy) is 1. The summed E-state index contributed by atoms with van der Waals surface area (Å²) in [4.78, 5) is 24.0. The van der Waals surface area contributed by atoms with Crippen LogP contribution in [0.15, 0.2) is 23.3 Å². The highest BCUT2D eigenvalue weighted by Crippen LogP contribution is 2.26. The predicted octanol–water partition coefficient (Wildman–Crippen LogP) is 1.85. The van der Waals surface area contributed by atoms with E-state index < -0.39 is 11.6 Å². The number of hydrogen-bond donors (Lipinski definition) is 2. The van der Waals surface area contributed by atoms with E-state index in [9.17, 15) is 14.7 Å². The van der Waals surface area contributed by atoms with Crippen LogP contribution in [-0.4, -0.2) is 40.4 Å². The minimum Gasteiger partial charge on any atom is -0.504 e. The fourth-order valence-corrected chi connectivity index (χ4v) is 2.02. The second-order valence-corrected chi connectivity index (χ2v) is 5.14. The number of amides is 3. The Labute approximate surface area is 128 Å². The summed E-state index contributed by atoms with van der Waals surface area (Å²) in [6.45, 7) is 5.70. The Balaban J connectivity index is 2.20. The molecule has 1 aromatic carbocycles. The lowest BCUT2D eigenvalue weighted by molar-refractivity contribution is -0.130. The first-order valence-electron chi connectivity index (χ1n) is 7.07. The van der Waals surface area contributed by atoms with Crippen molar-refractivity contribution >= 4 is 18.2 Å². The van der Waals surface area contributed by atoms with Gasteiger partial charge in [-0.1, -0.05) is 6.92 Å². The van der Waals surface area contributed by atoms with Gasteiger partial charge in [0, 0.05) is 0 Å². The van der Waals surface area contributed by atoms with Crippen molar-refractivity contribution in [1.29, 1.82) is 0 Å². The molecule has 1 heterocycles. The van der Waals surface area contributed by atoms with E-state index in [0.717, 1.165) is 5.01 Å². The SMILES string of the molecule is CCOc1cc(/C=N/N2C(=O)NC(C)(CC)C2=O)ccc1O. The van der Waals surface area contributed by atoms with Crippen LogP contribution in [0, 0.1) is 0 Å². The van der Waals surface area contributed by atoms with Crippen LogP contribution in [0.1, 0.15) is 32.8 Å². The van der Waals surface area contributed by atoms with Crippen LogP contribution in [0.4, 0.5) is 4.79 Å². The van der Waals surface area contributed by atoms with Crippen LogP contribution in [0.2, 0.25) is 0 Å². The number of nitrogens with zero attached hydrogens (tertiary/aromatic N) is 2. The summed E-state index contributed by atoms with van der Waals surface area (Å²) in [5.74, 6) is -0.0466. The second-order valence-electron chi connectivity index (χ2n) is 5.14. The maximum atomic E-state index is 12.2. The van der Waals surface area contributed by atoms with Crippen molar-refractivity contribution in [3.8, 4) is 11.5 Å². The zero-order valence-electron chi connectivity index (χ0n) is 12.8. The Hall–Kier alpha value is -2.57. The van der Waals surface area contributed by atoms with Gasteiger partial charge in [-0.15, -0.1) is 5.01 Å². The fourth-order valence-electron chi connectivity index (χ4n) is 2.02. The standard InChI is InChI=1S/C15H19N3O4/c1-4-15(3)13(20)18(14(21)17-15)16-9-10-6-7-11(19)12(8-10)22-5-2/h6-9,19H,4-5H2,1-3H3,(H,17,21)/b16-9+. The third-order valence-electron chi connectivity index (χ3n) is 3.55. The molecule has 22 heavy (non-hydrogen) atoms. The third-order valence-corrected chi connectivity index (χ3v) is 3.55. The topological polar surface area (TPSA) is 91.2 Å². The summed E-state index contributed by atoms with van der Waals surface area (Å²) in [7, 11) is 0. The van der Waals surface area contributed by atoms with Gasteiger partial charge in [0.05, 0.1) is 12.8 Å². The van der Waals surface area contributed by atoms with Gasteiger partial charge in [-0.3, -0.25) is 4.79 Å². The van der Waals surface area contributed by atoms with Crippen LogP contribution in [0.5, 0.6) is 11.5 Å². The summed E-state index contributed by atoms with van der Waals surface area (Å²) in [6.07, 6.45) is 1.86. The van der Waals surface area contributed by atoms with Gasteiger partial charge in [-0.05, 0) is 44.0 Å². The highest BCUT2D eigenvalue weighted by molar-refractivity contribution is 6.07. The molecule has 7 nitrogen and oxygen atoms in total. The van der Waals surface area contributed by atoms with Crippen molar-refractivity contribution in [3.05, 3.63) is 23.8 Å². The monoisotopic (exact) mass is 305 g/mol. The van der Waals surface area contributed by atoms with Crippen LogP contribution in [0.25, 0.3) is 0 Å². The Morgan fingerprint density at radius 2 is 2.14 bits per heavy atom. The van der Waals surface area contributed by atoms with Gasteiger partial charge in [0.1, 0.15) is 5.54 Å². The number of phenols is 1. The summed E-state index contributed by atoms with van der Waals surface area (Å²) in [5, 5.41) is 17.0. The number of aromatic hydroxyl groups is 1. The molecular weight excluding hydrogens is 286 g/mol. The van der Waals surface area contributed by atoms with Crippen LogP contribution >= 0.6 is 0 Å². The van der Waals surface area contributed by atoms with E-state index in [1.807, 2.05) is 6.92 Å². The van der Waals surface area contributed by atoms with Gasteiger partial charge in [0.25, 0.3) is 5.91 Å². The average Bonchev–Trinajstić information content (AvgIpc) is 2.71. The Bertz CT molecular complexity index is 629. The molecule has 0 aliphatic carbocycles. The van der Waals surface area contributed by atoms with E-state index in [-0.39, 0.29) is 11.7 Å². The minimum atomic E-state index is -0.917. The van der Waals surface area contributed by atoms with Crippen LogP contribution < -0.4 is 10.1 Å². The Kier molecular flexibility index (Phi) is 4.35. The number of hydrogen-bond acceptors (Lipinski definition) is 5. The molecule has 0 saturated carbocycles. The molecule has 2 rings (SSSR count). The smallest absolute Gasteiger partial charge is 0.346 e. The number of hydrazone groups is 1. The fraction of sp³-hybridized carbons (Fsp3) is 0.400. The van der Waals surface area contributed by atoms with E-state index in [4.69, 9.17) is 4.74 Å². The molecule has 1 aromatic rings. The largest absolute Gasteiger partial charge is 0.504 e. The number of imide groups is 1. The summed E-state index contributed by atoms with van der Waals surface area (Å²) < 4.78 is 5.27. The number of nitrogens with one attached hydrogen (secondary N) is 1. The molecule has 1 atom stereocenters. The summed E-state index contributed by atoms with van der Waals surface area (Å²) in [5.41, 5.74) is -0.313. The number of carbonyl (C=O) groups is 2. The molecule has 118 valence electrons. The molecule has 2 N–H and O–H groups in total. The van der Waals surface area contributed by atoms with Gasteiger partial charge in [0.15, 0.2) is 11.5 Å². The predicted molar refractivity (Wildman–Crippen MR) is 80.9 cm³/mol. The number of carbonyl (C=O) groups excluding carboxylic acids is 2. The second kappa shape index (κ2) is 6.05. The molecule has 3 amide bonds. The highest BCUT2D eigenvalue weighted by atomic mass is 16.5. The van der Waals surface area contributed by atoms with E-state index in [1.165, 1.54) is 12.3 Å². The quantitative estimate of drug-likeness (QED) is 0.641. The molecule has 7 heteroatoms. The lowest BCUT2D eigenvalue weighted by atomic mass is 10.00. The van der Waals surface area contributed by atoms with Crippen molar-refractivity contribution in [2.45, 2.75) is 32.7 Å². The molecule has 0 bridgehead atoms. The van der Waals surface area contributed by atoms with Crippen molar-refractivity contribution in [2.24, 2.45) is 5.10 Å². The maximum Gasteiger partial charge on any atom is 0.346 e. The van der Waals surface area contributed by atoms with Gasteiger partial charge in [-0.2, -0.15) is 5.10 Å². The minimum absolute atomic E-state index is 0.0209. The van der Waals surface area contributed by atoms with Gasteiger partial charge < -0.3 is 15.2 Å². The normalized spacial score (nSPS) is 21.5. The maximum absolute atomic E-state index is 12.2. The van der Waals surface area contributed by atoms with Crippen LogP contribution in [0.3, 0.4) is 0 Å². The van der Waals surface area contributed by atoms with E-state index in [1.54, 1.807) is 26.0 Å². The lowest BCUT2D eigenvalue weighted by Crippen LogP contribution is -2.42. The molecule has 0 radical (unpaired) electrons. The van der Waals surface area contributed by atoms with E-state index >= 15 is 0 Å². The van der Waals surface area contributed by atoms with Crippen LogP contribution in [-0.2, 0) is 4.79 Å². The molecular formula is C15H19N3O4. The molecule has 1 fully saturated rings. The van der Waals surface area contributed by atoms with Crippen molar-refractivity contribution in [2.75, 3.05) is 6.61 Å². The number of phenolic OH excluding ortho intramolecular Hbond substituents is 1. The number of rotatable bonds is 5. The molecule has 1 unspecified atom stereocenters. The average molecular weight is 305 g/mol. The highest BCUT2D eigenvalue weighted by Gasteiger charge is 2.46. The third kappa shape index (κ3) is 2.88. The van der Waals surface area contributed by atoms with Crippen molar-refractivity contribution in [3.63, 3.8) is 0 Å². The molecule has 0 spiro atoms. The van der Waals surface area contributed by atoms with E-state index in [0.29, 0.717) is 24.3 Å². The molecule has 0 aromatic heterocycles. The van der Waals surface area contributed by atoms with Gasteiger partial charge >= 0.3 is 6.03 Å². The van der Waals surface area contributed by atoms with Gasteiger partial charge in [0.2, 0.25) is 0 Å².